The van der Waals surface area contributed by atoms with Crippen molar-refractivity contribution in [3.8, 4) is 0 Å². The highest BCUT2D eigenvalue weighted by atomic mass is 16.7. The highest BCUT2D eigenvalue weighted by Gasteiger charge is 2.44. The van der Waals surface area contributed by atoms with Gasteiger partial charge in [0.15, 0.2) is 6.29 Å². The second-order valence-electron chi connectivity index (χ2n) is 15.9. The summed E-state index contributed by atoms with van der Waals surface area (Å²) < 4.78 is 11.2. The lowest BCUT2D eigenvalue weighted by Crippen LogP contribution is -2.60. The number of rotatable bonds is 37. The Labute approximate surface area is 325 Å². The molecule has 9 heteroatoms. The van der Waals surface area contributed by atoms with Gasteiger partial charge in [0.1, 0.15) is 24.4 Å². The zero-order valence-corrected chi connectivity index (χ0v) is 34.3. The van der Waals surface area contributed by atoms with Crippen LogP contribution < -0.4 is 5.32 Å². The number of aliphatic hydroxyl groups is 5. The molecule has 0 spiro atoms. The SMILES string of the molecule is CCCCCCCCCCCCCCCCC/C=C/C(O)C(COC1OC(CO)C(O)C(O)C1O)NC(=O)CCCCCCCCCCCCCCC. The molecule has 1 rings (SSSR count). The highest BCUT2D eigenvalue weighted by Crippen LogP contribution is 2.23. The monoisotopic (exact) mass is 756 g/mol. The number of amides is 1. The number of carbonyl (C=O) groups excluding carboxylic acids is 1. The van der Waals surface area contributed by atoms with E-state index in [2.05, 4.69) is 19.2 Å². The molecule has 1 aliphatic rings. The van der Waals surface area contributed by atoms with Crippen molar-refractivity contribution < 1.29 is 39.8 Å². The fourth-order valence-electron chi connectivity index (χ4n) is 7.21. The fraction of sp³-hybridized carbons (Fsp3) is 0.932. The molecule has 0 aromatic carbocycles. The molecule has 0 saturated carbocycles. The normalized spacial score (nSPS) is 21.7. The van der Waals surface area contributed by atoms with Crippen LogP contribution in [0.3, 0.4) is 0 Å². The second kappa shape index (κ2) is 35.4. The molecule has 1 fully saturated rings. The van der Waals surface area contributed by atoms with Crippen molar-refractivity contribution in [1.29, 1.82) is 0 Å². The minimum atomic E-state index is -1.56. The van der Waals surface area contributed by atoms with E-state index in [4.69, 9.17) is 9.47 Å². The summed E-state index contributed by atoms with van der Waals surface area (Å²) in [6, 6.07) is -0.797. The Hall–Kier alpha value is -1.07. The number of ether oxygens (including phenoxy) is 2. The van der Waals surface area contributed by atoms with Crippen LogP contribution in [0.25, 0.3) is 0 Å². The Morgan fingerprint density at radius 2 is 1.04 bits per heavy atom. The van der Waals surface area contributed by atoms with Gasteiger partial charge >= 0.3 is 0 Å². The summed E-state index contributed by atoms with van der Waals surface area (Å²) in [5.41, 5.74) is 0. The third kappa shape index (κ3) is 26.4. The fourth-order valence-corrected chi connectivity index (χ4v) is 7.21. The molecule has 0 bridgehead atoms. The maximum Gasteiger partial charge on any atom is 0.220 e. The van der Waals surface area contributed by atoms with Crippen molar-refractivity contribution in [3.63, 3.8) is 0 Å². The molecule has 0 aliphatic carbocycles. The minimum absolute atomic E-state index is 0.176. The first-order chi connectivity index (χ1) is 25.8. The van der Waals surface area contributed by atoms with Crippen LogP contribution >= 0.6 is 0 Å². The summed E-state index contributed by atoms with van der Waals surface area (Å²) >= 11 is 0. The van der Waals surface area contributed by atoms with Gasteiger partial charge in [-0.05, 0) is 19.3 Å². The molecule has 1 saturated heterocycles. The topological polar surface area (TPSA) is 149 Å². The van der Waals surface area contributed by atoms with Crippen LogP contribution in [0.4, 0.5) is 0 Å². The molecule has 1 amide bonds. The molecule has 1 heterocycles. The van der Waals surface area contributed by atoms with E-state index in [1.54, 1.807) is 6.08 Å². The molecule has 53 heavy (non-hydrogen) atoms. The minimum Gasteiger partial charge on any atom is -0.394 e. The van der Waals surface area contributed by atoms with E-state index in [9.17, 15) is 30.3 Å². The van der Waals surface area contributed by atoms with E-state index in [1.165, 1.54) is 148 Å². The van der Waals surface area contributed by atoms with Gasteiger partial charge in [-0.1, -0.05) is 193 Å². The lowest BCUT2D eigenvalue weighted by atomic mass is 9.99. The smallest absolute Gasteiger partial charge is 0.220 e. The van der Waals surface area contributed by atoms with Crippen LogP contribution in [-0.4, -0.2) is 87.5 Å². The number of hydrogen-bond acceptors (Lipinski definition) is 8. The lowest BCUT2D eigenvalue weighted by molar-refractivity contribution is -0.302. The van der Waals surface area contributed by atoms with Gasteiger partial charge in [0, 0.05) is 6.42 Å². The van der Waals surface area contributed by atoms with Crippen molar-refractivity contribution in [2.24, 2.45) is 0 Å². The zero-order chi connectivity index (χ0) is 38.8. The molecular formula is C44H85NO8. The number of aliphatic hydroxyl groups excluding tert-OH is 5. The number of allylic oxidation sites excluding steroid dienone is 1. The van der Waals surface area contributed by atoms with Gasteiger partial charge in [0.2, 0.25) is 5.91 Å². The Morgan fingerprint density at radius 1 is 0.623 bits per heavy atom. The maximum atomic E-state index is 12.9. The molecule has 0 aromatic rings. The zero-order valence-electron chi connectivity index (χ0n) is 34.3. The quantitative estimate of drug-likeness (QED) is 0.0272. The first-order valence-electron chi connectivity index (χ1n) is 22.4. The van der Waals surface area contributed by atoms with Crippen molar-refractivity contribution in [2.75, 3.05) is 13.2 Å². The van der Waals surface area contributed by atoms with Gasteiger partial charge in [-0.25, -0.2) is 0 Å². The molecular weight excluding hydrogens is 670 g/mol. The average molecular weight is 756 g/mol. The van der Waals surface area contributed by atoms with Crippen LogP contribution in [0.5, 0.6) is 0 Å². The molecule has 0 radical (unpaired) electrons. The van der Waals surface area contributed by atoms with Crippen LogP contribution in [0.1, 0.15) is 206 Å². The third-order valence-corrected chi connectivity index (χ3v) is 10.9. The van der Waals surface area contributed by atoms with Gasteiger partial charge in [-0.2, -0.15) is 0 Å². The first-order valence-corrected chi connectivity index (χ1v) is 22.4. The molecule has 9 nitrogen and oxygen atoms in total. The first kappa shape index (κ1) is 49.9. The average Bonchev–Trinajstić information content (AvgIpc) is 3.16. The predicted octanol–water partition coefficient (Wildman–Crippen LogP) is 8.95. The number of carbonyl (C=O) groups is 1. The lowest BCUT2D eigenvalue weighted by Gasteiger charge is -2.40. The molecule has 314 valence electrons. The summed E-state index contributed by atoms with van der Waals surface area (Å²) in [6.45, 7) is 3.77. The van der Waals surface area contributed by atoms with Gasteiger partial charge in [0.25, 0.3) is 0 Å². The number of unbranched alkanes of at least 4 members (excludes halogenated alkanes) is 27. The van der Waals surface area contributed by atoms with E-state index < -0.39 is 49.5 Å². The summed E-state index contributed by atoms with van der Waals surface area (Å²) in [4.78, 5) is 12.9. The molecule has 7 atom stereocenters. The second-order valence-corrected chi connectivity index (χ2v) is 15.9. The van der Waals surface area contributed by atoms with Crippen molar-refractivity contribution in [3.05, 3.63) is 12.2 Å². The van der Waals surface area contributed by atoms with Crippen LogP contribution in [0.2, 0.25) is 0 Å². The van der Waals surface area contributed by atoms with Gasteiger partial charge in [-0.3, -0.25) is 4.79 Å². The Bertz CT molecular complexity index is 842. The largest absolute Gasteiger partial charge is 0.394 e. The Morgan fingerprint density at radius 3 is 1.47 bits per heavy atom. The van der Waals surface area contributed by atoms with E-state index in [0.29, 0.717) is 6.42 Å². The van der Waals surface area contributed by atoms with Crippen molar-refractivity contribution in [2.45, 2.75) is 249 Å². The van der Waals surface area contributed by atoms with Crippen LogP contribution in [-0.2, 0) is 14.3 Å². The molecule has 7 unspecified atom stereocenters. The summed E-state index contributed by atoms with van der Waals surface area (Å²) in [7, 11) is 0. The van der Waals surface area contributed by atoms with Gasteiger partial charge in [0.05, 0.1) is 25.4 Å². The summed E-state index contributed by atoms with van der Waals surface area (Å²) in [5.74, 6) is -0.176. The van der Waals surface area contributed by atoms with E-state index in [-0.39, 0.29) is 12.5 Å². The molecule has 1 aliphatic heterocycles. The Balaban J connectivity index is 2.37. The standard InChI is InChI=1S/C44H85NO8/c1-3-5-7-9-11-13-15-17-18-19-20-22-23-25-27-29-31-33-38(47)37(36-52-44-43(51)42(50)41(49)39(35-46)53-44)45-40(48)34-32-30-28-26-24-21-16-14-12-10-8-6-4-2/h31,33,37-39,41-44,46-47,49-51H,3-30,32,34-36H2,1-2H3,(H,45,48)/b33-31+. The van der Waals surface area contributed by atoms with Crippen molar-refractivity contribution >= 4 is 5.91 Å². The van der Waals surface area contributed by atoms with Crippen LogP contribution in [0, 0.1) is 0 Å². The van der Waals surface area contributed by atoms with Crippen molar-refractivity contribution in [1.82, 2.24) is 5.32 Å². The van der Waals surface area contributed by atoms with E-state index >= 15 is 0 Å². The highest BCUT2D eigenvalue weighted by molar-refractivity contribution is 5.76. The van der Waals surface area contributed by atoms with E-state index in [0.717, 1.165) is 38.5 Å². The summed E-state index contributed by atoms with van der Waals surface area (Å²) in [5, 5.41) is 54.1. The number of hydrogen-bond donors (Lipinski definition) is 6. The summed E-state index contributed by atoms with van der Waals surface area (Å²) in [6.07, 6.45) is 32.5. The predicted molar refractivity (Wildman–Crippen MR) is 217 cm³/mol. The molecule has 6 N–H and O–H groups in total. The van der Waals surface area contributed by atoms with Gasteiger partial charge in [-0.15, -0.1) is 0 Å². The van der Waals surface area contributed by atoms with Gasteiger partial charge < -0.3 is 40.3 Å². The maximum absolute atomic E-state index is 12.9. The van der Waals surface area contributed by atoms with E-state index in [1.807, 2.05) is 6.08 Å². The number of nitrogens with one attached hydrogen (secondary N) is 1. The molecule has 0 aromatic heterocycles. The third-order valence-electron chi connectivity index (χ3n) is 10.9. The Kier molecular flexibility index (Phi) is 33.3. The van der Waals surface area contributed by atoms with Crippen LogP contribution in [0.15, 0.2) is 12.2 Å².